The predicted octanol–water partition coefficient (Wildman–Crippen LogP) is 4.01. The maximum Gasteiger partial charge on any atom is 0.271 e. The van der Waals surface area contributed by atoms with E-state index in [4.69, 9.17) is 22.7 Å². The van der Waals surface area contributed by atoms with Crippen molar-refractivity contribution in [2.45, 2.75) is 31.1 Å². The average Bonchev–Trinajstić information content (AvgIpc) is 3.12. The van der Waals surface area contributed by atoms with E-state index >= 15 is 0 Å². The van der Waals surface area contributed by atoms with Crippen LogP contribution in [0.3, 0.4) is 0 Å². The number of Topliss-reactive ketones (excluding diaryl/α,β-unsaturated/α-hetero) is 1. The summed E-state index contributed by atoms with van der Waals surface area (Å²) in [7, 11) is 0. The number of nitrogen functional groups attached to an aromatic ring is 1. The van der Waals surface area contributed by atoms with E-state index in [2.05, 4.69) is 24.5 Å². The molecule has 3 aromatic carbocycles. The Morgan fingerprint density at radius 1 is 1.06 bits per heavy atom. The van der Waals surface area contributed by atoms with Gasteiger partial charge < -0.3 is 26.2 Å². The van der Waals surface area contributed by atoms with E-state index < -0.39 is 11.3 Å². The van der Waals surface area contributed by atoms with Crippen molar-refractivity contribution in [3.05, 3.63) is 89.0 Å². The molecule has 0 saturated heterocycles. The van der Waals surface area contributed by atoms with E-state index in [1.807, 2.05) is 48.5 Å². The first-order valence-corrected chi connectivity index (χ1v) is 10.8. The van der Waals surface area contributed by atoms with Gasteiger partial charge in [0, 0.05) is 22.5 Å². The van der Waals surface area contributed by atoms with Gasteiger partial charge in [0.15, 0.2) is 5.11 Å². The third kappa shape index (κ3) is 2.68. The van der Waals surface area contributed by atoms with Crippen molar-refractivity contribution >= 4 is 34.5 Å². The lowest BCUT2D eigenvalue weighted by Gasteiger charge is -2.35. The van der Waals surface area contributed by atoms with Gasteiger partial charge in [-0.1, -0.05) is 56.3 Å². The van der Waals surface area contributed by atoms with E-state index in [-0.39, 0.29) is 28.1 Å². The van der Waals surface area contributed by atoms with Crippen molar-refractivity contribution in [3.8, 4) is 5.75 Å². The fourth-order valence-corrected chi connectivity index (χ4v) is 4.87. The summed E-state index contributed by atoms with van der Waals surface area (Å²) >= 11 is 5.56. The molecule has 7 heteroatoms. The van der Waals surface area contributed by atoms with Crippen LogP contribution < -0.4 is 21.1 Å². The summed E-state index contributed by atoms with van der Waals surface area (Å²) in [6.07, 6.45) is 0. The molecule has 0 radical (unpaired) electrons. The second kappa shape index (κ2) is 7.05. The standard InChI is InChI=1S/C25H23N3O3S/c1-14(2)15-11-12-17-20(13-15)31-25(30)18-9-6-10-19(26)21(18)22(29)24(17,25)28-23(32)27-16-7-4-3-5-8-16/h3-14,30H,26H2,1-2H3,(H2,27,28,32). The molecule has 0 saturated carbocycles. The highest BCUT2D eigenvalue weighted by Crippen LogP contribution is 2.59. The van der Waals surface area contributed by atoms with Gasteiger partial charge in [-0.25, -0.2) is 0 Å². The summed E-state index contributed by atoms with van der Waals surface area (Å²) in [5.74, 6) is -1.70. The van der Waals surface area contributed by atoms with E-state index in [1.54, 1.807) is 18.2 Å². The molecular formula is C25H23N3O3S. The number of hydrogen-bond donors (Lipinski definition) is 4. The van der Waals surface area contributed by atoms with Gasteiger partial charge >= 0.3 is 0 Å². The van der Waals surface area contributed by atoms with Crippen molar-refractivity contribution < 1.29 is 14.6 Å². The van der Waals surface area contributed by atoms with Gasteiger partial charge in [0.05, 0.1) is 5.56 Å². The molecule has 0 fully saturated rings. The van der Waals surface area contributed by atoms with Crippen molar-refractivity contribution in [1.82, 2.24) is 5.32 Å². The highest BCUT2D eigenvalue weighted by atomic mass is 32.1. The zero-order chi connectivity index (χ0) is 22.7. The second-order valence-corrected chi connectivity index (χ2v) is 8.86. The zero-order valence-electron chi connectivity index (χ0n) is 17.7. The SMILES string of the molecule is CC(C)c1ccc2c(c1)OC1(O)c3cccc(N)c3C(=O)C21NC(=S)Nc1ccccc1. The van der Waals surface area contributed by atoms with Crippen LogP contribution in [0.5, 0.6) is 5.75 Å². The van der Waals surface area contributed by atoms with Crippen LogP contribution in [0.25, 0.3) is 0 Å². The predicted molar refractivity (Wildman–Crippen MR) is 128 cm³/mol. The van der Waals surface area contributed by atoms with E-state index in [0.29, 0.717) is 16.9 Å². The van der Waals surface area contributed by atoms with Crippen molar-refractivity contribution in [2.75, 3.05) is 11.1 Å². The minimum Gasteiger partial charge on any atom is -0.454 e. The lowest BCUT2D eigenvalue weighted by Crippen LogP contribution is -2.60. The summed E-state index contributed by atoms with van der Waals surface area (Å²) in [6.45, 7) is 4.14. The first-order valence-electron chi connectivity index (χ1n) is 10.4. The molecule has 32 heavy (non-hydrogen) atoms. The van der Waals surface area contributed by atoms with Crippen molar-refractivity contribution in [1.29, 1.82) is 0 Å². The van der Waals surface area contributed by atoms with Gasteiger partial charge in [0.1, 0.15) is 5.75 Å². The number of carbonyl (C=O) groups excluding carboxylic acids is 1. The normalized spacial score (nSPS) is 22.7. The molecular weight excluding hydrogens is 422 g/mol. The molecule has 2 atom stereocenters. The van der Waals surface area contributed by atoms with Crippen LogP contribution in [0.2, 0.25) is 0 Å². The molecule has 6 nitrogen and oxygen atoms in total. The van der Waals surface area contributed by atoms with Crippen LogP contribution in [-0.4, -0.2) is 16.0 Å². The fourth-order valence-electron chi connectivity index (χ4n) is 4.60. The Morgan fingerprint density at radius 2 is 1.81 bits per heavy atom. The molecule has 1 aliphatic carbocycles. The Bertz CT molecular complexity index is 1260. The van der Waals surface area contributed by atoms with E-state index in [1.165, 1.54) is 0 Å². The Kier molecular flexibility index (Phi) is 4.51. The maximum absolute atomic E-state index is 13.9. The average molecular weight is 446 g/mol. The van der Waals surface area contributed by atoms with Crippen LogP contribution >= 0.6 is 12.2 Å². The Labute approximate surface area is 191 Å². The third-order valence-electron chi connectivity index (χ3n) is 6.20. The highest BCUT2D eigenvalue weighted by molar-refractivity contribution is 7.80. The number of carbonyl (C=O) groups is 1. The van der Waals surface area contributed by atoms with Crippen LogP contribution in [0.1, 0.15) is 46.8 Å². The molecule has 5 rings (SSSR count). The third-order valence-corrected chi connectivity index (χ3v) is 6.41. The molecule has 0 aromatic heterocycles. The number of benzene rings is 3. The molecule has 162 valence electrons. The molecule has 0 spiro atoms. The fraction of sp³-hybridized carbons (Fsp3) is 0.200. The van der Waals surface area contributed by atoms with Gasteiger partial charge in [-0.2, -0.15) is 0 Å². The van der Waals surface area contributed by atoms with Crippen LogP contribution in [-0.2, 0) is 11.3 Å². The Balaban J connectivity index is 1.66. The number of fused-ring (bicyclic) bond motifs is 5. The van der Waals surface area contributed by atoms with E-state index in [0.717, 1.165) is 11.3 Å². The molecule has 1 aliphatic heterocycles. The van der Waals surface area contributed by atoms with Gasteiger partial charge in [0.25, 0.3) is 5.79 Å². The second-order valence-electron chi connectivity index (χ2n) is 8.45. The number of ketones is 1. The number of aliphatic hydroxyl groups is 1. The summed E-state index contributed by atoms with van der Waals surface area (Å²) < 4.78 is 6.14. The number of nitrogens with two attached hydrogens (primary N) is 1. The quantitative estimate of drug-likeness (QED) is 0.357. The maximum atomic E-state index is 13.9. The highest BCUT2D eigenvalue weighted by Gasteiger charge is 2.71. The molecule has 3 aromatic rings. The van der Waals surface area contributed by atoms with Crippen molar-refractivity contribution in [3.63, 3.8) is 0 Å². The molecule has 1 heterocycles. The number of para-hydroxylation sites is 1. The van der Waals surface area contributed by atoms with Crippen LogP contribution in [0.4, 0.5) is 11.4 Å². The summed E-state index contributed by atoms with van der Waals surface area (Å²) in [4.78, 5) is 13.9. The minimum atomic E-state index is -2.00. The topological polar surface area (TPSA) is 96.6 Å². The lowest BCUT2D eigenvalue weighted by atomic mass is 9.82. The first kappa shape index (κ1) is 20.5. The Hall–Kier alpha value is -3.42. The smallest absolute Gasteiger partial charge is 0.271 e. The number of rotatable bonds is 3. The molecule has 5 N–H and O–H groups in total. The number of nitrogens with one attached hydrogen (secondary N) is 2. The number of anilines is 2. The minimum absolute atomic E-state index is 0.179. The van der Waals surface area contributed by atoms with Gasteiger partial charge in [-0.05, 0) is 48.0 Å². The van der Waals surface area contributed by atoms with Crippen molar-refractivity contribution in [2.24, 2.45) is 0 Å². The number of hydrogen-bond acceptors (Lipinski definition) is 5. The van der Waals surface area contributed by atoms with Crippen LogP contribution in [0, 0.1) is 0 Å². The summed E-state index contributed by atoms with van der Waals surface area (Å²) in [6, 6.07) is 20.0. The monoisotopic (exact) mass is 445 g/mol. The summed E-state index contributed by atoms with van der Waals surface area (Å²) in [5.41, 5.74) is 7.63. The van der Waals surface area contributed by atoms with Crippen LogP contribution in [0.15, 0.2) is 66.7 Å². The summed E-state index contributed by atoms with van der Waals surface area (Å²) in [5, 5.41) is 18.3. The van der Waals surface area contributed by atoms with Gasteiger partial charge in [-0.15, -0.1) is 0 Å². The molecule has 2 aliphatic rings. The largest absolute Gasteiger partial charge is 0.454 e. The molecule has 0 bridgehead atoms. The van der Waals surface area contributed by atoms with E-state index in [9.17, 15) is 9.90 Å². The first-order chi connectivity index (χ1) is 15.3. The molecule has 0 amide bonds. The number of ether oxygens (including phenoxy) is 1. The van der Waals surface area contributed by atoms with Gasteiger partial charge in [-0.3, -0.25) is 4.79 Å². The van der Waals surface area contributed by atoms with Gasteiger partial charge in [0.2, 0.25) is 11.3 Å². The Morgan fingerprint density at radius 3 is 2.53 bits per heavy atom. The molecule has 2 unspecified atom stereocenters. The lowest BCUT2D eigenvalue weighted by molar-refractivity contribution is -0.167. The zero-order valence-corrected chi connectivity index (χ0v) is 18.5. The number of thiocarbonyl (C=S) groups is 1.